The number of hydrogen-bond acceptors (Lipinski definition) is 2. The average molecular weight is 288 g/mol. The van der Waals surface area contributed by atoms with Crippen LogP contribution in [0.4, 0.5) is 4.39 Å². The molecule has 0 amide bonds. The van der Waals surface area contributed by atoms with E-state index in [0.29, 0.717) is 23.3 Å². The highest BCUT2D eigenvalue weighted by molar-refractivity contribution is 5.39. The molecule has 0 bridgehead atoms. The highest BCUT2D eigenvalue weighted by Crippen LogP contribution is 2.27. The molecule has 3 heteroatoms. The van der Waals surface area contributed by atoms with Gasteiger partial charge in [-0.3, -0.25) is 0 Å². The molecule has 2 aromatic rings. The van der Waals surface area contributed by atoms with Crippen molar-refractivity contribution >= 4 is 0 Å². The van der Waals surface area contributed by atoms with Crippen LogP contribution in [0.5, 0.6) is 5.75 Å². The highest BCUT2D eigenvalue weighted by Gasteiger charge is 2.14. The molecule has 1 unspecified atom stereocenters. The Morgan fingerprint density at radius 3 is 2.38 bits per heavy atom. The van der Waals surface area contributed by atoms with Crippen LogP contribution in [0.2, 0.25) is 0 Å². The van der Waals surface area contributed by atoms with E-state index in [1.54, 1.807) is 26.0 Å². The van der Waals surface area contributed by atoms with Crippen LogP contribution in [-0.4, -0.2) is 11.7 Å². The fraction of sp³-hybridized carbons (Fsp3) is 0.333. The molecule has 0 aromatic heterocycles. The van der Waals surface area contributed by atoms with Crippen molar-refractivity contribution in [3.05, 3.63) is 64.5 Å². The minimum absolute atomic E-state index is 0.217. The van der Waals surface area contributed by atoms with Crippen molar-refractivity contribution in [2.45, 2.75) is 33.3 Å². The lowest BCUT2D eigenvalue weighted by atomic mass is 9.97. The molecule has 21 heavy (non-hydrogen) atoms. The van der Waals surface area contributed by atoms with E-state index in [1.165, 1.54) is 0 Å². The number of aliphatic hydroxyl groups is 1. The summed E-state index contributed by atoms with van der Waals surface area (Å²) < 4.78 is 19.3. The minimum atomic E-state index is -0.784. The molecule has 0 heterocycles. The van der Waals surface area contributed by atoms with E-state index in [1.807, 2.05) is 31.2 Å². The van der Waals surface area contributed by atoms with Crippen molar-refractivity contribution < 1.29 is 14.2 Å². The summed E-state index contributed by atoms with van der Waals surface area (Å²) in [6, 6.07) is 10.8. The van der Waals surface area contributed by atoms with E-state index in [4.69, 9.17) is 4.74 Å². The molecular weight excluding hydrogens is 267 g/mol. The maximum absolute atomic E-state index is 13.7. The Morgan fingerprint density at radius 1 is 1.10 bits per heavy atom. The number of aliphatic hydroxyl groups excluding tert-OH is 1. The number of hydrogen-bond donors (Lipinski definition) is 1. The van der Waals surface area contributed by atoms with Gasteiger partial charge in [0, 0.05) is 0 Å². The highest BCUT2D eigenvalue weighted by atomic mass is 19.1. The lowest BCUT2D eigenvalue weighted by Gasteiger charge is -2.15. The van der Waals surface area contributed by atoms with Crippen LogP contribution in [0.25, 0.3) is 0 Å². The second-order valence-corrected chi connectivity index (χ2v) is 5.29. The van der Waals surface area contributed by atoms with Crippen LogP contribution in [0.1, 0.15) is 41.7 Å². The molecule has 0 aliphatic carbocycles. The summed E-state index contributed by atoms with van der Waals surface area (Å²) in [4.78, 5) is 0. The fourth-order valence-electron chi connectivity index (χ4n) is 2.32. The number of halogens is 1. The van der Waals surface area contributed by atoms with Crippen LogP contribution < -0.4 is 4.74 Å². The maximum Gasteiger partial charge on any atom is 0.129 e. The Labute approximate surface area is 125 Å². The smallest absolute Gasteiger partial charge is 0.129 e. The van der Waals surface area contributed by atoms with E-state index in [9.17, 15) is 9.50 Å². The summed E-state index contributed by atoms with van der Waals surface area (Å²) in [6.45, 7) is 6.11. The van der Waals surface area contributed by atoms with Crippen molar-refractivity contribution in [2.24, 2.45) is 0 Å². The molecule has 0 aliphatic rings. The van der Waals surface area contributed by atoms with Gasteiger partial charge < -0.3 is 9.84 Å². The Balaban J connectivity index is 2.29. The topological polar surface area (TPSA) is 29.5 Å². The third-order valence-corrected chi connectivity index (χ3v) is 3.42. The third-order valence-electron chi connectivity index (χ3n) is 3.42. The lowest BCUT2D eigenvalue weighted by Crippen LogP contribution is -2.03. The lowest BCUT2D eigenvalue weighted by molar-refractivity contribution is 0.219. The zero-order chi connectivity index (χ0) is 15.4. The number of ether oxygens (including phenoxy) is 1. The first-order valence-electron chi connectivity index (χ1n) is 7.20. The first-order valence-corrected chi connectivity index (χ1v) is 7.20. The SMILES string of the molecule is CCCOc1cccc(C(O)c2cc(C)c(F)c(C)c2)c1. The predicted octanol–water partition coefficient (Wildman–Crippen LogP) is 4.31. The first kappa shape index (κ1) is 15.5. The molecule has 2 aromatic carbocycles. The molecule has 0 fully saturated rings. The van der Waals surface area contributed by atoms with Gasteiger partial charge in [-0.1, -0.05) is 31.2 Å². The summed E-state index contributed by atoms with van der Waals surface area (Å²) in [6.07, 6.45) is 0.150. The van der Waals surface area contributed by atoms with E-state index >= 15 is 0 Å². The largest absolute Gasteiger partial charge is 0.494 e. The molecule has 0 spiro atoms. The van der Waals surface area contributed by atoms with Gasteiger partial charge in [-0.25, -0.2) is 4.39 Å². The van der Waals surface area contributed by atoms with Gasteiger partial charge in [-0.05, 0) is 54.7 Å². The number of aryl methyl sites for hydroxylation is 2. The molecule has 1 atom stereocenters. The van der Waals surface area contributed by atoms with Gasteiger partial charge in [0.1, 0.15) is 17.7 Å². The molecule has 1 N–H and O–H groups in total. The van der Waals surface area contributed by atoms with Crippen LogP contribution in [0.15, 0.2) is 36.4 Å². The molecule has 2 nitrogen and oxygen atoms in total. The van der Waals surface area contributed by atoms with Gasteiger partial charge in [-0.2, -0.15) is 0 Å². The molecule has 0 aliphatic heterocycles. The predicted molar refractivity (Wildman–Crippen MR) is 82.2 cm³/mol. The van der Waals surface area contributed by atoms with Gasteiger partial charge >= 0.3 is 0 Å². The molecule has 0 saturated carbocycles. The van der Waals surface area contributed by atoms with Crippen molar-refractivity contribution in [3.8, 4) is 5.75 Å². The average Bonchev–Trinajstić information content (AvgIpc) is 2.49. The van der Waals surface area contributed by atoms with Crippen molar-refractivity contribution in [1.29, 1.82) is 0 Å². The Morgan fingerprint density at radius 2 is 1.76 bits per heavy atom. The van der Waals surface area contributed by atoms with Gasteiger partial charge in [0.15, 0.2) is 0 Å². The second kappa shape index (κ2) is 6.72. The summed E-state index contributed by atoms with van der Waals surface area (Å²) >= 11 is 0. The second-order valence-electron chi connectivity index (χ2n) is 5.29. The molecule has 0 radical (unpaired) electrons. The Kier molecular flexibility index (Phi) is 4.97. The normalized spacial score (nSPS) is 12.2. The van der Waals surface area contributed by atoms with Gasteiger partial charge in [0.05, 0.1) is 6.61 Å². The summed E-state index contributed by atoms with van der Waals surface area (Å²) in [5.41, 5.74) is 2.53. The van der Waals surface area contributed by atoms with Crippen LogP contribution in [0.3, 0.4) is 0 Å². The summed E-state index contributed by atoms with van der Waals surface area (Å²) in [7, 11) is 0. The number of rotatable bonds is 5. The van der Waals surface area contributed by atoms with Crippen LogP contribution >= 0.6 is 0 Å². The molecule has 0 saturated heterocycles. The molecular formula is C18H21FO2. The zero-order valence-corrected chi connectivity index (χ0v) is 12.7. The van der Waals surface area contributed by atoms with Crippen molar-refractivity contribution in [3.63, 3.8) is 0 Å². The Bertz CT molecular complexity index is 599. The summed E-state index contributed by atoms with van der Waals surface area (Å²) in [5.74, 6) is 0.523. The van der Waals surface area contributed by atoms with E-state index < -0.39 is 6.10 Å². The third kappa shape index (κ3) is 3.61. The minimum Gasteiger partial charge on any atom is -0.494 e. The quantitative estimate of drug-likeness (QED) is 0.888. The fourth-order valence-corrected chi connectivity index (χ4v) is 2.32. The van der Waals surface area contributed by atoms with E-state index in [-0.39, 0.29) is 5.82 Å². The zero-order valence-electron chi connectivity index (χ0n) is 12.7. The Hall–Kier alpha value is -1.87. The van der Waals surface area contributed by atoms with Gasteiger partial charge in [-0.15, -0.1) is 0 Å². The molecule has 112 valence electrons. The van der Waals surface area contributed by atoms with Crippen molar-refractivity contribution in [2.75, 3.05) is 6.61 Å². The summed E-state index contributed by atoms with van der Waals surface area (Å²) in [5, 5.41) is 10.5. The van der Waals surface area contributed by atoms with Gasteiger partial charge in [0.25, 0.3) is 0 Å². The number of benzene rings is 2. The van der Waals surface area contributed by atoms with Crippen molar-refractivity contribution in [1.82, 2.24) is 0 Å². The monoisotopic (exact) mass is 288 g/mol. The van der Waals surface area contributed by atoms with Crippen LogP contribution in [-0.2, 0) is 0 Å². The molecule has 2 rings (SSSR count). The maximum atomic E-state index is 13.7. The van der Waals surface area contributed by atoms with E-state index in [0.717, 1.165) is 17.7 Å². The van der Waals surface area contributed by atoms with E-state index in [2.05, 4.69) is 0 Å². The van der Waals surface area contributed by atoms with Crippen LogP contribution in [0, 0.1) is 19.7 Å². The first-order chi connectivity index (χ1) is 10.0. The standard InChI is InChI=1S/C18H21FO2/c1-4-8-21-16-7-5-6-14(11-16)18(20)15-9-12(2)17(19)13(3)10-15/h5-7,9-11,18,20H,4,8H2,1-3H3. The van der Waals surface area contributed by atoms with Gasteiger partial charge in [0.2, 0.25) is 0 Å².